The molecule has 0 aliphatic carbocycles. The Bertz CT molecular complexity index is 561. The van der Waals surface area contributed by atoms with Crippen molar-refractivity contribution in [1.82, 2.24) is 10.3 Å². The van der Waals surface area contributed by atoms with Crippen molar-refractivity contribution >= 4 is 22.9 Å². The standard InChI is InChI=1S/C14H15ClN2OS/c1-9-13(10-2-4-11(15)5-3-10)17-14(19-9)12-8-18-7-6-16-12/h2-5,12,16H,6-8H2,1H3. The van der Waals surface area contributed by atoms with Crippen LogP contribution in [0.4, 0.5) is 0 Å². The Morgan fingerprint density at radius 2 is 2.16 bits per heavy atom. The number of hydrogen-bond donors (Lipinski definition) is 1. The third-order valence-corrected chi connectivity index (χ3v) is 4.49. The number of aromatic nitrogens is 1. The molecule has 0 radical (unpaired) electrons. The zero-order valence-corrected chi connectivity index (χ0v) is 12.2. The number of ether oxygens (including phenoxy) is 1. The molecule has 1 aliphatic rings. The number of nitrogens with zero attached hydrogens (tertiary/aromatic N) is 1. The van der Waals surface area contributed by atoms with Gasteiger partial charge in [0.25, 0.3) is 0 Å². The highest BCUT2D eigenvalue weighted by Gasteiger charge is 2.20. The average Bonchev–Trinajstić information content (AvgIpc) is 2.83. The van der Waals surface area contributed by atoms with Crippen LogP contribution >= 0.6 is 22.9 Å². The molecule has 3 rings (SSSR count). The molecular formula is C14H15ClN2OS. The Balaban J connectivity index is 1.90. The van der Waals surface area contributed by atoms with E-state index < -0.39 is 0 Å². The first-order valence-corrected chi connectivity index (χ1v) is 7.48. The van der Waals surface area contributed by atoms with Crippen LogP contribution in [0.25, 0.3) is 11.3 Å². The second-order valence-corrected chi connectivity index (χ2v) is 6.22. The summed E-state index contributed by atoms with van der Waals surface area (Å²) in [6, 6.07) is 8.05. The van der Waals surface area contributed by atoms with E-state index in [1.54, 1.807) is 11.3 Å². The van der Waals surface area contributed by atoms with Gasteiger partial charge in [-0.15, -0.1) is 11.3 Å². The Morgan fingerprint density at radius 1 is 1.37 bits per heavy atom. The molecule has 1 unspecified atom stereocenters. The summed E-state index contributed by atoms with van der Waals surface area (Å²) in [6.07, 6.45) is 0. The van der Waals surface area contributed by atoms with Gasteiger partial charge in [0.2, 0.25) is 0 Å². The quantitative estimate of drug-likeness (QED) is 0.921. The van der Waals surface area contributed by atoms with E-state index in [0.29, 0.717) is 6.61 Å². The van der Waals surface area contributed by atoms with Crippen molar-refractivity contribution in [2.24, 2.45) is 0 Å². The van der Waals surface area contributed by atoms with E-state index in [-0.39, 0.29) is 6.04 Å². The predicted octanol–water partition coefficient (Wildman–Crippen LogP) is 3.43. The first-order chi connectivity index (χ1) is 9.24. The summed E-state index contributed by atoms with van der Waals surface area (Å²) in [6.45, 7) is 4.48. The summed E-state index contributed by atoms with van der Waals surface area (Å²) in [5.41, 5.74) is 2.16. The number of aryl methyl sites for hydroxylation is 1. The molecule has 0 saturated carbocycles. The fourth-order valence-corrected chi connectivity index (χ4v) is 3.30. The fourth-order valence-electron chi connectivity index (χ4n) is 2.17. The van der Waals surface area contributed by atoms with E-state index in [4.69, 9.17) is 21.3 Å². The molecule has 1 saturated heterocycles. The van der Waals surface area contributed by atoms with E-state index in [9.17, 15) is 0 Å². The van der Waals surface area contributed by atoms with Gasteiger partial charge >= 0.3 is 0 Å². The zero-order chi connectivity index (χ0) is 13.2. The summed E-state index contributed by atoms with van der Waals surface area (Å²) >= 11 is 7.65. The fraction of sp³-hybridized carbons (Fsp3) is 0.357. The number of halogens is 1. The molecule has 1 N–H and O–H groups in total. The molecule has 0 bridgehead atoms. The van der Waals surface area contributed by atoms with Crippen molar-refractivity contribution < 1.29 is 4.74 Å². The van der Waals surface area contributed by atoms with Crippen LogP contribution in [-0.2, 0) is 4.74 Å². The largest absolute Gasteiger partial charge is 0.378 e. The molecule has 2 heterocycles. The Kier molecular flexibility index (Phi) is 3.84. The lowest BCUT2D eigenvalue weighted by Gasteiger charge is -2.21. The summed E-state index contributed by atoms with van der Waals surface area (Å²) in [7, 11) is 0. The molecule has 1 aliphatic heterocycles. The number of nitrogens with one attached hydrogen (secondary N) is 1. The lowest BCUT2D eigenvalue weighted by Crippen LogP contribution is -2.34. The number of morpholine rings is 1. The third-order valence-electron chi connectivity index (χ3n) is 3.15. The lowest BCUT2D eigenvalue weighted by molar-refractivity contribution is 0.0768. The maximum absolute atomic E-state index is 5.92. The molecular weight excluding hydrogens is 280 g/mol. The van der Waals surface area contributed by atoms with Gasteiger partial charge < -0.3 is 10.1 Å². The highest BCUT2D eigenvalue weighted by Crippen LogP contribution is 2.31. The monoisotopic (exact) mass is 294 g/mol. The number of benzene rings is 1. The van der Waals surface area contributed by atoms with Crippen LogP contribution in [-0.4, -0.2) is 24.7 Å². The number of rotatable bonds is 2. The maximum atomic E-state index is 5.92. The Labute approximate surface area is 121 Å². The van der Waals surface area contributed by atoms with Crippen LogP contribution in [0.5, 0.6) is 0 Å². The SMILES string of the molecule is Cc1sc(C2COCCN2)nc1-c1ccc(Cl)cc1. The van der Waals surface area contributed by atoms with Gasteiger partial charge in [-0.05, 0) is 19.1 Å². The molecule has 100 valence electrons. The second kappa shape index (κ2) is 5.59. The molecule has 0 amide bonds. The number of thiazole rings is 1. The smallest absolute Gasteiger partial charge is 0.113 e. The molecule has 2 aromatic rings. The highest BCUT2D eigenvalue weighted by molar-refractivity contribution is 7.12. The van der Waals surface area contributed by atoms with Crippen LogP contribution in [0, 0.1) is 6.92 Å². The predicted molar refractivity (Wildman–Crippen MR) is 78.9 cm³/mol. The molecule has 1 atom stereocenters. The number of hydrogen-bond acceptors (Lipinski definition) is 4. The average molecular weight is 295 g/mol. The minimum absolute atomic E-state index is 0.221. The van der Waals surface area contributed by atoms with E-state index in [1.807, 2.05) is 24.3 Å². The molecule has 0 spiro atoms. The van der Waals surface area contributed by atoms with Crippen molar-refractivity contribution in [2.75, 3.05) is 19.8 Å². The van der Waals surface area contributed by atoms with Crippen LogP contribution in [0.15, 0.2) is 24.3 Å². The highest BCUT2D eigenvalue weighted by atomic mass is 35.5. The minimum Gasteiger partial charge on any atom is -0.378 e. The molecule has 1 aromatic heterocycles. The molecule has 1 aromatic carbocycles. The molecule has 1 fully saturated rings. The van der Waals surface area contributed by atoms with Gasteiger partial charge in [-0.3, -0.25) is 0 Å². The van der Waals surface area contributed by atoms with E-state index in [1.165, 1.54) is 4.88 Å². The Morgan fingerprint density at radius 3 is 2.84 bits per heavy atom. The first kappa shape index (κ1) is 13.1. The van der Waals surface area contributed by atoms with Gasteiger partial charge in [0, 0.05) is 22.0 Å². The van der Waals surface area contributed by atoms with E-state index in [0.717, 1.165) is 34.4 Å². The second-order valence-electron chi connectivity index (χ2n) is 4.55. The van der Waals surface area contributed by atoms with Gasteiger partial charge in [-0.2, -0.15) is 0 Å². The van der Waals surface area contributed by atoms with E-state index >= 15 is 0 Å². The van der Waals surface area contributed by atoms with Gasteiger partial charge in [0.05, 0.1) is 24.9 Å². The van der Waals surface area contributed by atoms with Crippen molar-refractivity contribution in [3.8, 4) is 11.3 Å². The summed E-state index contributed by atoms with van der Waals surface area (Å²) < 4.78 is 5.49. The van der Waals surface area contributed by atoms with Crippen molar-refractivity contribution in [3.63, 3.8) is 0 Å². The van der Waals surface area contributed by atoms with Crippen LogP contribution in [0.3, 0.4) is 0 Å². The molecule has 3 nitrogen and oxygen atoms in total. The van der Waals surface area contributed by atoms with Crippen LogP contribution in [0.2, 0.25) is 5.02 Å². The van der Waals surface area contributed by atoms with E-state index in [2.05, 4.69) is 12.2 Å². The van der Waals surface area contributed by atoms with Crippen LogP contribution < -0.4 is 5.32 Å². The summed E-state index contributed by atoms with van der Waals surface area (Å²) in [4.78, 5) is 5.99. The zero-order valence-electron chi connectivity index (χ0n) is 10.6. The van der Waals surface area contributed by atoms with Crippen molar-refractivity contribution in [2.45, 2.75) is 13.0 Å². The summed E-state index contributed by atoms with van der Waals surface area (Å²) in [5, 5.41) is 5.29. The topological polar surface area (TPSA) is 34.1 Å². The minimum atomic E-state index is 0.221. The summed E-state index contributed by atoms with van der Waals surface area (Å²) in [5.74, 6) is 0. The maximum Gasteiger partial charge on any atom is 0.113 e. The Hall–Kier alpha value is -0.940. The van der Waals surface area contributed by atoms with Crippen molar-refractivity contribution in [3.05, 3.63) is 39.2 Å². The van der Waals surface area contributed by atoms with Gasteiger partial charge in [0.15, 0.2) is 0 Å². The normalized spacial score (nSPS) is 19.6. The van der Waals surface area contributed by atoms with Gasteiger partial charge in [-0.1, -0.05) is 23.7 Å². The lowest BCUT2D eigenvalue weighted by atomic mass is 10.1. The molecule has 19 heavy (non-hydrogen) atoms. The van der Waals surface area contributed by atoms with Crippen LogP contribution in [0.1, 0.15) is 15.9 Å². The van der Waals surface area contributed by atoms with Gasteiger partial charge in [-0.25, -0.2) is 4.98 Å². The molecule has 5 heteroatoms. The van der Waals surface area contributed by atoms with Gasteiger partial charge in [0.1, 0.15) is 5.01 Å². The first-order valence-electron chi connectivity index (χ1n) is 6.28. The van der Waals surface area contributed by atoms with Crippen molar-refractivity contribution in [1.29, 1.82) is 0 Å². The third kappa shape index (κ3) is 2.82.